The van der Waals surface area contributed by atoms with Crippen molar-refractivity contribution in [3.63, 3.8) is 0 Å². The molecule has 3 aromatic heterocycles. The van der Waals surface area contributed by atoms with Crippen LogP contribution in [-0.4, -0.2) is 14.6 Å². The minimum absolute atomic E-state index is 0.417. The third kappa shape index (κ3) is 1.51. The van der Waals surface area contributed by atoms with E-state index in [1.165, 1.54) is 6.07 Å². The lowest BCUT2D eigenvalue weighted by atomic mass is 10.2. The van der Waals surface area contributed by atoms with Gasteiger partial charge in [-0.25, -0.2) is 9.50 Å². The molecule has 0 bridgehead atoms. The highest BCUT2D eigenvalue weighted by molar-refractivity contribution is 5.58. The van der Waals surface area contributed by atoms with E-state index in [2.05, 4.69) is 10.1 Å². The van der Waals surface area contributed by atoms with E-state index in [1.807, 2.05) is 19.9 Å². The van der Waals surface area contributed by atoms with Crippen molar-refractivity contribution in [3.05, 3.63) is 41.7 Å². The quantitative estimate of drug-likeness (QED) is 0.646. The number of furan rings is 1. The molecule has 0 radical (unpaired) electrons. The zero-order chi connectivity index (χ0) is 12.0. The average Bonchev–Trinajstić information content (AvgIpc) is 2.87. The van der Waals surface area contributed by atoms with Crippen molar-refractivity contribution in [1.29, 1.82) is 0 Å². The molecule has 0 saturated heterocycles. The Labute approximate surface area is 96.7 Å². The van der Waals surface area contributed by atoms with Gasteiger partial charge in [-0.15, -0.1) is 0 Å². The van der Waals surface area contributed by atoms with Gasteiger partial charge in [0.15, 0.2) is 11.4 Å². The van der Waals surface area contributed by atoms with Crippen LogP contribution in [0.1, 0.15) is 11.3 Å². The maximum atomic E-state index is 12.8. The van der Waals surface area contributed by atoms with E-state index in [1.54, 1.807) is 16.8 Å². The third-order valence-electron chi connectivity index (χ3n) is 2.65. The van der Waals surface area contributed by atoms with Crippen molar-refractivity contribution in [2.75, 3.05) is 0 Å². The number of hydrogen-bond acceptors (Lipinski definition) is 3. The Morgan fingerprint density at radius 3 is 2.82 bits per heavy atom. The maximum absolute atomic E-state index is 12.8. The van der Waals surface area contributed by atoms with E-state index >= 15 is 0 Å². The van der Waals surface area contributed by atoms with E-state index < -0.39 is 6.01 Å². The molecule has 3 rings (SSSR count). The van der Waals surface area contributed by atoms with Crippen LogP contribution in [-0.2, 0) is 0 Å². The maximum Gasteiger partial charge on any atom is 0.278 e. The molecular formula is C12H10FN3O. The highest BCUT2D eigenvalue weighted by atomic mass is 19.1. The number of rotatable bonds is 1. The van der Waals surface area contributed by atoms with Crippen molar-refractivity contribution in [2.24, 2.45) is 0 Å². The predicted molar refractivity (Wildman–Crippen MR) is 60.1 cm³/mol. The Kier molecular flexibility index (Phi) is 2.01. The first-order valence-corrected chi connectivity index (χ1v) is 5.23. The molecular weight excluding hydrogens is 221 g/mol. The average molecular weight is 231 g/mol. The third-order valence-corrected chi connectivity index (χ3v) is 2.65. The van der Waals surface area contributed by atoms with Gasteiger partial charge in [0.2, 0.25) is 0 Å². The van der Waals surface area contributed by atoms with Crippen LogP contribution in [0, 0.1) is 19.9 Å². The first-order chi connectivity index (χ1) is 8.15. The van der Waals surface area contributed by atoms with Crippen LogP contribution in [0.25, 0.3) is 17.1 Å². The second-order valence-corrected chi connectivity index (χ2v) is 3.95. The number of aromatic nitrogens is 3. The molecule has 0 aliphatic rings. The molecule has 3 aromatic rings. The highest BCUT2D eigenvalue weighted by Crippen LogP contribution is 2.22. The van der Waals surface area contributed by atoms with Crippen LogP contribution in [0.2, 0.25) is 0 Å². The Morgan fingerprint density at radius 1 is 1.29 bits per heavy atom. The van der Waals surface area contributed by atoms with Crippen molar-refractivity contribution >= 4 is 5.65 Å². The Morgan fingerprint density at radius 2 is 2.12 bits per heavy atom. The molecule has 0 saturated carbocycles. The van der Waals surface area contributed by atoms with Gasteiger partial charge in [-0.2, -0.15) is 9.49 Å². The minimum Gasteiger partial charge on any atom is -0.429 e. The summed E-state index contributed by atoms with van der Waals surface area (Å²) in [5, 5.41) is 4.37. The van der Waals surface area contributed by atoms with E-state index in [4.69, 9.17) is 4.42 Å². The van der Waals surface area contributed by atoms with Gasteiger partial charge in [0.1, 0.15) is 5.69 Å². The van der Waals surface area contributed by atoms with Gasteiger partial charge in [0.05, 0.1) is 11.9 Å². The number of imidazole rings is 1. The van der Waals surface area contributed by atoms with E-state index in [9.17, 15) is 4.39 Å². The lowest BCUT2D eigenvalue weighted by Crippen LogP contribution is -1.98. The van der Waals surface area contributed by atoms with Crippen LogP contribution in [0.3, 0.4) is 0 Å². The number of nitrogens with zero attached hydrogens (tertiary/aromatic N) is 3. The second-order valence-electron chi connectivity index (χ2n) is 3.95. The minimum atomic E-state index is -0.609. The molecule has 0 aliphatic carbocycles. The Hall–Kier alpha value is -2.17. The summed E-state index contributed by atoms with van der Waals surface area (Å²) in [6.07, 6.45) is 1.75. The molecule has 0 aliphatic heterocycles. The molecule has 0 aromatic carbocycles. The topological polar surface area (TPSA) is 43.3 Å². The molecule has 0 spiro atoms. The molecule has 3 heterocycles. The predicted octanol–water partition coefficient (Wildman–Crippen LogP) is 2.75. The Balaban J connectivity index is 2.27. The fraction of sp³-hybridized carbons (Fsp3) is 0.167. The van der Waals surface area contributed by atoms with Crippen molar-refractivity contribution in [2.45, 2.75) is 13.8 Å². The lowest BCUT2D eigenvalue weighted by molar-refractivity contribution is 0.366. The van der Waals surface area contributed by atoms with E-state index in [0.717, 1.165) is 16.9 Å². The van der Waals surface area contributed by atoms with E-state index in [-0.39, 0.29) is 0 Å². The summed E-state index contributed by atoms with van der Waals surface area (Å²) in [6.45, 7) is 3.85. The summed E-state index contributed by atoms with van der Waals surface area (Å²) >= 11 is 0. The summed E-state index contributed by atoms with van der Waals surface area (Å²) in [5.74, 6) is 0.417. The monoisotopic (exact) mass is 231 g/mol. The molecule has 0 N–H and O–H groups in total. The smallest absolute Gasteiger partial charge is 0.278 e. The van der Waals surface area contributed by atoms with Crippen LogP contribution in [0.5, 0.6) is 0 Å². The van der Waals surface area contributed by atoms with Gasteiger partial charge in [-0.05, 0) is 31.5 Å². The largest absolute Gasteiger partial charge is 0.429 e. The summed E-state index contributed by atoms with van der Waals surface area (Å²) in [4.78, 5) is 4.25. The molecule has 0 amide bonds. The SMILES string of the molecule is Cc1cc(-c2ccc(F)o2)nn2c(C)cnc12. The van der Waals surface area contributed by atoms with Crippen LogP contribution >= 0.6 is 0 Å². The number of hydrogen-bond donors (Lipinski definition) is 0. The van der Waals surface area contributed by atoms with Gasteiger partial charge in [0, 0.05) is 6.07 Å². The van der Waals surface area contributed by atoms with Crippen LogP contribution in [0.15, 0.2) is 28.8 Å². The number of halogens is 1. The zero-order valence-corrected chi connectivity index (χ0v) is 9.44. The standard InChI is InChI=1S/C12H10FN3O/c1-7-5-9(10-3-4-11(13)17-10)15-16-8(2)6-14-12(7)16/h3-6H,1-2H3. The lowest BCUT2D eigenvalue weighted by Gasteiger charge is -2.02. The summed E-state index contributed by atoms with van der Waals surface area (Å²) in [5.41, 5.74) is 3.30. The molecule has 86 valence electrons. The van der Waals surface area contributed by atoms with Crippen molar-refractivity contribution in [1.82, 2.24) is 14.6 Å². The van der Waals surface area contributed by atoms with Crippen molar-refractivity contribution in [3.8, 4) is 11.5 Å². The molecule has 17 heavy (non-hydrogen) atoms. The van der Waals surface area contributed by atoms with Crippen LogP contribution in [0.4, 0.5) is 4.39 Å². The van der Waals surface area contributed by atoms with Gasteiger partial charge < -0.3 is 4.42 Å². The first-order valence-electron chi connectivity index (χ1n) is 5.23. The highest BCUT2D eigenvalue weighted by Gasteiger charge is 2.10. The van der Waals surface area contributed by atoms with E-state index in [0.29, 0.717) is 11.5 Å². The normalized spacial score (nSPS) is 11.2. The summed E-state index contributed by atoms with van der Waals surface area (Å²) < 4.78 is 19.5. The first kappa shape index (κ1) is 10.0. The summed E-state index contributed by atoms with van der Waals surface area (Å²) in [6, 6.07) is 4.06. The summed E-state index contributed by atoms with van der Waals surface area (Å²) in [7, 11) is 0. The Bertz CT molecular complexity index is 699. The molecule has 0 unspecified atom stereocenters. The van der Waals surface area contributed by atoms with Crippen molar-refractivity contribution < 1.29 is 8.81 Å². The van der Waals surface area contributed by atoms with Crippen LogP contribution < -0.4 is 0 Å². The second kappa shape index (κ2) is 3.41. The number of aryl methyl sites for hydroxylation is 2. The van der Waals surface area contributed by atoms with Gasteiger partial charge in [-0.1, -0.05) is 0 Å². The van der Waals surface area contributed by atoms with Gasteiger partial charge in [0.25, 0.3) is 6.01 Å². The molecule has 4 nitrogen and oxygen atoms in total. The van der Waals surface area contributed by atoms with Gasteiger partial charge in [-0.3, -0.25) is 0 Å². The van der Waals surface area contributed by atoms with Gasteiger partial charge >= 0.3 is 0 Å². The zero-order valence-electron chi connectivity index (χ0n) is 9.44. The molecule has 0 fully saturated rings. The molecule has 0 atom stereocenters. The number of fused-ring (bicyclic) bond motifs is 1. The fourth-order valence-corrected chi connectivity index (χ4v) is 1.80. The molecule has 5 heteroatoms. The fourth-order valence-electron chi connectivity index (χ4n) is 1.80.